The summed E-state index contributed by atoms with van der Waals surface area (Å²) < 4.78 is 0. The number of aliphatic hydroxyl groups is 1. The summed E-state index contributed by atoms with van der Waals surface area (Å²) in [5, 5.41) is 10.8. The summed E-state index contributed by atoms with van der Waals surface area (Å²) in [4.78, 5) is 0. The van der Waals surface area contributed by atoms with E-state index in [0.29, 0.717) is 16.2 Å². The van der Waals surface area contributed by atoms with Crippen LogP contribution in [0, 0.1) is 51.8 Å². The zero-order chi connectivity index (χ0) is 22.7. The van der Waals surface area contributed by atoms with Gasteiger partial charge in [-0.15, -0.1) is 0 Å². The third kappa shape index (κ3) is 4.28. The number of hydrogen-bond acceptors (Lipinski definition) is 1. The van der Waals surface area contributed by atoms with E-state index in [4.69, 9.17) is 0 Å². The van der Waals surface area contributed by atoms with Crippen LogP contribution in [0.15, 0.2) is 0 Å². The zero-order valence-corrected chi connectivity index (χ0v) is 22.1. The highest BCUT2D eigenvalue weighted by molar-refractivity contribution is 5.10. The normalized spacial score (nSPS) is 48.6. The minimum Gasteiger partial charge on any atom is -0.390 e. The van der Waals surface area contributed by atoms with E-state index in [-0.39, 0.29) is 0 Å². The second-order valence-corrected chi connectivity index (χ2v) is 14.5. The quantitative estimate of drug-likeness (QED) is 0.447. The third-order valence-electron chi connectivity index (χ3n) is 11.9. The first-order chi connectivity index (χ1) is 14.4. The van der Waals surface area contributed by atoms with Gasteiger partial charge in [-0.25, -0.2) is 0 Å². The van der Waals surface area contributed by atoms with Crippen molar-refractivity contribution in [1.82, 2.24) is 0 Å². The molecule has 0 spiro atoms. The van der Waals surface area contributed by atoms with Gasteiger partial charge in [0, 0.05) is 0 Å². The van der Waals surface area contributed by atoms with E-state index < -0.39 is 5.60 Å². The first-order valence-electron chi connectivity index (χ1n) is 14.1. The van der Waals surface area contributed by atoms with E-state index in [1.807, 2.05) is 0 Å². The van der Waals surface area contributed by atoms with Crippen molar-refractivity contribution in [2.24, 2.45) is 51.8 Å². The minimum absolute atomic E-state index is 0.403. The van der Waals surface area contributed by atoms with Crippen LogP contribution in [0.3, 0.4) is 0 Å². The van der Waals surface area contributed by atoms with E-state index in [1.54, 1.807) is 0 Å². The molecular formula is C30H54O. The van der Waals surface area contributed by atoms with Crippen molar-refractivity contribution in [2.45, 2.75) is 138 Å². The summed E-state index contributed by atoms with van der Waals surface area (Å²) in [5.74, 6) is 5.48. The Morgan fingerprint density at radius 2 is 1.58 bits per heavy atom. The van der Waals surface area contributed by atoms with Gasteiger partial charge < -0.3 is 5.11 Å². The lowest BCUT2D eigenvalue weighted by molar-refractivity contribution is -0.148. The first kappa shape index (κ1) is 24.1. The maximum Gasteiger partial charge on any atom is 0.0622 e. The van der Waals surface area contributed by atoms with E-state index in [0.717, 1.165) is 48.3 Å². The predicted molar refractivity (Wildman–Crippen MR) is 133 cm³/mol. The molecule has 0 aromatic rings. The van der Waals surface area contributed by atoms with Crippen molar-refractivity contribution in [1.29, 1.82) is 0 Å². The predicted octanol–water partition coefficient (Wildman–Crippen LogP) is 8.64. The average molecular weight is 431 g/mol. The van der Waals surface area contributed by atoms with Gasteiger partial charge in [-0.05, 0) is 136 Å². The molecule has 0 bridgehead atoms. The topological polar surface area (TPSA) is 20.2 Å². The van der Waals surface area contributed by atoms with Crippen LogP contribution in [0.4, 0.5) is 0 Å². The molecule has 0 aromatic heterocycles. The fourth-order valence-electron chi connectivity index (χ4n) is 10.0. The second kappa shape index (κ2) is 8.32. The number of hydrogen-bond donors (Lipinski definition) is 1. The molecule has 180 valence electrons. The summed E-state index contributed by atoms with van der Waals surface area (Å²) in [6, 6.07) is 0. The Bertz CT molecular complexity index is 634. The molecule has 9 atom stereocenters. The molecule has 0 saturated heterocycles. The van der Waals surface area contributed by atoms with Crippen LogP contribution in [-0.4, -0.2) is 10.7 Å². The first-order valence-corrected chi connectivity index (χ1v) is 14.1. The molecule has 0 aliphatic heterocycles. The van der Waals surface area contributed by atoms with Gasteiger partial charge in [0.2, 0.25) is 0 Å². The minimum atomic E-state index is -0.403. The maximum atomic E-state index is 10.8. The van der Waals surface area contributed by atoms with Crippen LogP contribution < -0.4 is 0 Å². The number of fused-ring (bicyclic) bond motifs is 5. The summed E-state index contributed by atoms with van der Waals surface area (Å²) in [7, 11) is 0. The molecule has 0 heterocycles. The fraction of sp³-hybridized carbons (Fsp3) is 1.00. The Balaban J connectivity index is 1.45. The molecule has 0 radical (unpaired) electrons. The lowest BCUT2D eigenvalue weighted by Crippen LogP contribution is -2.55. The third-order valence-corrected chi connectivity index (χ3v) is 11.9. The molecule has 1 N–H and O–H groups in total. The maximum absolute atomic E-state index is 10.8. The van der Waals surface area contributed by atoms with Crippen LogP contribution in [0.25, 0.3) is 0 Å². The summed E-state index contributed by atoms with van der Waals surface area (Å²) in [6.07, 6.45) is 17.7. The van der Waals surface area contributed by atoms with Gasteiger partial charge in [-0.1, -0.05) is 48.0 Å². The Morgan fingerprint density at radius 3 is 2.29 bits per heavy atom. The summed E-state index contributed by atoms with van der Waals surface area (Å²) in [5.41, 5.74) is 1.22. The molecule has 1 nitrogen and oxygen atoms in total. The zero-order valence-electron chi connectivity index (χ0n) is 22.1. The Morgan fingerprint density at radius 1 is 0.871 bits per heavy atom. The molecule has 31 heavy (non-hydrogen) atoms. The highest BCUT2D eigenvalue weighted by Crippen LogP contribution is 2.69. The molecule has 1 heteroatoms. The van der Waals surface area contributed by atoms with Gasteiger partial charge in [0.15, 0.2) is 0 Å². The number of rotatable bonds is 6. The lowest BCUT2D eigenvalue weighted by atomic mass is 9.43. The van der Waals surface area contributed by atoms with Gasteiger partial charge in [-0.3, -0.25) is 0 Å². The highest BCUT2D eigenvalue weighted by Gasteiger charge is 2.61. The van der Waals surface area contributed by atoms with Crippen LogP contribution in [0.2, 0.25) is 0 Å². The van der Waals surface area contributed by atoms with Crippen molar-refractivity contribution < 1.29 is 5.11 Å². The van der Waals surface area contributed by atoms with E-state index >= 15 is 0 Å². The van der Waals surface area contributed by atoms with E-state index in [2.05, 4.69) is 48.5 Å². The van der Waals surface area contributed by atoms with E-state index in [9.17, 15) is 5.11 Å². The largest absolute Gasteiger partial charge is 0.390 e. The van der Waals surface area contributed by atoms with Crippen LogP contribution >= 0.6 is 0 Å². The van der Waals surface area contributed by atoms with Gasteiger partial charge in [-0.2, -0.15) is 0 Å². The Hall–Kier alpha value is -0.0400. The van der Waals surface area contributed by atoms with Crippen LogP contribution in [-0.2, 0) is 0 Å². The summed E-state index contributed by atoms with van der Waals surface area (Å²) >= 11 is 0. The fourth-order valence-corrected chi connectivity index (χ4v) is 10.0. The summed E-state index contributed by atoms with van der Waals surface area (Å²) in [6.45, 7) is 17.4. The molecule has 0 aromatic carbocycles. The van der Waals surface area contributed by atoms with Gasteiger partial charge in [0.25, 0.3) is 0 Å². The van der Waals surface area contributed by atoms with Gasteiger partial charge in [0.05, 0.1) is 5.60 Å². The van der Waals surface area contributed by atoms with Gasteiger partial charge in [0.1, 0.15) is 0 Å². The molecule has 4 aliphatic carbocycles. The van der Waals surface area contributed by atoms with Crippen molar-refractivity contribution in [3.05, 3.63) is 0 Å². The van der Waals surface area contributed by atoms with E-state index in [1.165, 1.54) is 70.6 Å². The monoisotopic (exact) mass is 430 g/mol. The standard InChI is InChI=1S/C30H54O/c1-8-15-27(3,4)16-13-21(2)24-11-12-25-23-10-9-22-20-28(5,31)18-19-29(22,6)26(23)14-17-30(24,25)7/h21-26,31H,8-20H2,1-7H3/t21-,22+,23+,24-,25+,26+,28+,29+,30-/m1/s1. The van der Waals surface area contributed by atoms with Crippen molar-refractivity contribution in [3.8, 4) is 0 Å². The Labute approximate surface area is 194 Å². The molecule has 0 unspecified atom stereocenters. The molecule has 4 saturated carbocycles. The molecule has 4 aliphatic rings. The van der Waals surface area contributed by atoms with Gasteiger partial charge >= 0.3 is 0 Å². The highest BCUT2D eigenvalue weighted by atomic mass is 16.3. The average Bonchev–Trinajstić information content (AvgIpc) is 3.04. The lowest BCUT2D eigenvalue weighted by Gasteiger charge is -2.62. The van der Waals surface area contributed by atoms with Crippen molar-refractivity contribution >= 4 is 0 Å². The van der Waals surface area contributed by atoms with Crippen molar-refractivity contribution in [3.63, 3.8) is 0 Å². The molecule has 4 rings (SSSR count). The van der Waals surface area contributed by atoms with Crippen LogP contribution in [0.1, 0.15) is 132 Å². The molecule has 4 fully saturated rings. The molecular weight excluding hydrogens is 376 g/mol. The smallest absolute Gasteiger partial charge is 0.0622 e. The van der Waals surface area contributed by atoms with Crippen molar-refractivity contribution in [2.75, 3.05) is 0 Å². The van der Waals surface area contributed by atoms with Crippen LogP contribution in [0.5, 0.6) is 0 Å². The SMILES string of the molecule is CCCC(C)(C)CC[C@@H](C)[C@H]1CC[C@H]2[C@@H]3CC[C@H]4C[C@@](C)(O)CC[C@]4(C)[C@H]3CC[C@]12C. The molecule has 0 amide bonds. The Kier molecular flexibility index (Phi) is 6.47. The second-order valence-electron chi connectivity index (χ2n) is 14.5.